The SMILES string of the molecule is CCNC(c1ccc2c(c1)CCO2)c1ccc(Cl)cc1F. The summed E-state index contributed by atoms with van der Waals surface area (Å²) in [5, 5.41) is 3.75. The fraction of sp³-hybridized carbons (Fsp3) is 0.294. The van der Waals surface area contributed by atoms with Crippen LogP contribution in [0.1, 0.15) is 29.7 Å². The topological polar surface area (TPSA) is 21.3 Å². The highest BCUT2D eigenvalue weighted by Gasteiger charge is 2.20. The Labute approximate surface area is 128 Å². The number of hydrogen-bond acceptors (Lipinski definition) is 2. The Kier molecular flexibility index (Phi) is 4.13. The Hall–Kier alpha value is -1.58. The molecule has 2 nitrogen and oxygen atoms in total. The molecule has 21 heavy (non-hydrogen) atoms. The third kappa shape index (κ3) is 2.89. The average molecular weight is 306 g/mol. The van der Waals surface area contributed by atoms with E-state index in [0.29, 0.717) is 10.6 Å². The maximum Gasteiger partial charge on any atom is 0.129 e. The quantitative estimate of drug-likeness (QED) is 0.917. The first-order chi connectivity index (χ1) is 10.2. The van der Waals surface area contributed by atoms with Crippen molar-refractivity contribution < 1.29 is 9.13 Å². The predicted molar refractivity (Wildman–Crippen MR) is 82.6 cm³/mol. The summed E-state index contributed by atoms with van der Waals surface area (Å²) in [5.74, 6) is 0.649. The molecule has 0 radical (unpaired) electrons. The first-order valence-corrected chi connectivity index (χ1v) is 7.51. The standard InChI is InChI=1S/C17H17ClFNO/c1-2-20-17(14-5-4-13(18)10-15(14)19)12-3-6-16-11(9-12)7-8-21-16/h3-6,9-10,17,20H,2,7-8H2,1H3. The summed E-state index contributed by atoms with van der Waals surface area (Å²) in [6.07, 6.45) is 0.908. The highest BCUT2D eigenvalue weighted by molar-refractivity contribution is 6.30. The van der Waals surface area contributed by atoms with Crippen LogP contribution in [0, 0.1) is 5.82 Å². The van der Waals surface area contributed by atoms with Gasteiger partial charge in [0, 0.05) is 17.0 Å². The second-order valence-electron chi connectivity index (χ2n) is 5.12. The van der Waals surface area contributed by atoms with Gasteiger partial charge >= 0.3 is 0 Å². The first kappa shape index (κ1) is 14.4. The second-order valence-corrected chi connectivity index (χ2v) is 5.56. The van der Waals surface area contributed by atoms with Gasteiger partial charge in [0.05, 0.1) is 12.6 Å². The summed E-state index contributed by atoms with van der Waals surface area (Å²) in [5.41, 5.74) is 2.84. The highest BCUT2D eigenvalue weighted by Crippen LogP contribution is 2.32. The Morgan fingerprint density at radius 1 is 1.29 bits per heavy atom. The lowest BCUT2D eigenvalue weighted by atomic mass is 9.96. The van der Waals surface area contributed by atoms with Gasteiger partial charge in [-0.15, -0.1) is 0 Å². The Bertz CT molecular complexity index is 659. The highest BCUT2D eigenvalue weighted by atomic mass is 35.5. The van der Waals surface area contributed by atoms with E-state index in [0.717, 1.165) is 30.9 Å². The molecule has 1 heterocycles. The smallest absolute Gasteiger partial charge is 0.129 e. The van der Waals surface area contributed by atoms with Crippen molar-refractivity contribution in [1.82, 2.24) is 5.32 Å². The average Bonchev–Trinajstić information content (AvgIpc) is 2.93. The van der Waals surface area contributed by atoms with E-state index in [1.807, 2.05) is 19.1 Å². The van der Waals surface area contributed by atoms with Gasteiger partial charge in [0.2, 0.25) is 0 Å². The molecule has 1 unspecified atom stereocenters. The molecular formula is C17H17ClFNO. The molecule has 0 saturated carbocycles. The number of nitrogens with one attached hydrogen (secondary N) is 1. The van der Waals surface area contributed by atoms with Crippen LogP contribution >= 0.6 is 11.6 Å². The normalized spacial score (nSPS) is 14.6. The molecule has 0 aliphatic carbocycles. The zero-order valence-electron chi connectivity index (χ0n) is 11.8. The lowest BCUT2D eigenvalue weighted by Gasteiger charge is -2.20. The van der Waals surface area contributed by atoms with Gasteiger partial charge in [-0.25, -0.2) is 4.39 Å². The van der Waals surface area contributed by atoms with Crippen LogP contribution in [0.4, 0.5) is 4.39 Å². The number of rotatable bonds is 4. The van der Waals surface area contributed by atoms with Crippen LogP contribution in [0.5, 0.6) is 5.75 Å². The van der Waals surface area contributed by atoms with Crippen molar-refractivity contribution in [1.29, 1.82) is 0 Å². The van der Waals surface area contributed by atoms with Crippen molar-refractivity contribution >= 4 is 11.6 Å². The molecule has 1 aliphatic rings. The van der Waals surface area contributed by atoms with E-state index in [1.54, 1.807) is 12.1 Å². The molecule has 1 aliphatic heterocycles. The Morgan fingerprint density at radius 2 is 2.14 bits per heavy atom. The van der Waals surface area contributed by atoms with Gasteiger partial charge in [-0.3, -0.25) is 0 Å². The fourth-order valence-electron chi connectivity index (χ4n) is 2.73. The first-order valence-electron chi connectivity index (χ1n) is 7.13. The van der Waals surface area contributed by atoms with Gasteiger partial charge in [-0.05, 0) is 35.9 Å². The largest absolute Gasteiger partial charge is 0.493 e. The van der Waals surface area contributed by atoms with Crippen molar-refractivity contribution in [2.24, 2.45) is 0 Å². The van der Waals surface area contributed by atoms with Crippen LogP contribution in [0.15, 0.2) is 36.4 Å². The third-order valence-corrected chi connectivity index (χ3v) is 3.96. The van der Waals surface area contributed by atoms with E-state index >= 15 is 0 Å². The van der Waals surface area contributed by atoms with Crippen molar-refractivity contribution in [2.45, 2.75) is 19.4 Å². The van der Waals surface area contributed by atoms with Gasteiger partial charge in [-0.1, -0.05) is 36.7 Å². The molecular weight excluding hydrogens is 289 g/mol. The van der Waals surface area contributed by atoms with Crippen molar-refractivity contribution in [3.8, 4) is 5.75 Å². The van der Waals surface area contributed by atoms with Crippen LogP contribution in [0.2, 0.25) is 5.02 Å². The van der Waals surface area contributed by atoms with Crippen LogP contribution in [0.25, 0.3) is 0 Å². The Balaban J connectivity index is 2.01. The van der Waals surface area contributed by atoms with E-state index in [1.165, 1.54) is 11.6 Å². The summed E-state index contributed by atoms with van der Waals surface area (Å²) < 4.78 is 19.8. The summed E-state index contributed by atoms with van der Waals surface area (Å²) >= 11 is 5.84. The molecule has 2 aromatic rings. The minimum absolute atomic E-state index is 0.182. The maximum atomic E-state index is 14.2. The lowest BCUT2D eigenvalue weighted by Crippen LogP contribution is -2.23. The van der Waals surface area contributed by atoms with Gasteiger partial charge in [0.15, 0.2) is 0 Å². The van der Waals surface area contributed by atoms with E-state index in [-0.39, 0.29) is 11.9 Å². The molecule has 0 bridgehead atoms. The van der Waals surface area contributed by atoms with E-state index in [2.05, 4.69) is 11.4 Å². The molecule has 2 aromatic carbocycles. The number of hydrogen-bond donors (Lipinski definition) is 1. The maximum absolute atomic E-state index is 14.2. The minimum atomic E-state index is -0.287. The third-order valence-electron chi connectivity index (χ3n) is 3.73. The number of benzene rings is 2. The van der Waals surface area contributed by atoms with Crippen LogP contribution in [-0.4, -0.2) is 13.2 Å². The molecule has 4 heteroatoms. The van der Waals surface area contributed by atoms with Gasteiger partial charge < -0.3 is 10.1 Å². The second kappa shape index (κ2) is 6.04. The molecule has 0 spiro atoms. The van der Waals surface area contributed by atoms with Gasteiger partial charge in [0.1, 0.15) is 11.6 Å². The molecule has 0 amide bonds. The zero-order chi connectivity index (χ0) is 14.8. The van der Waals surface area contributed by atoms with Crippen LogP contribution in [0.3, 0.4) is 0 Å². The monoisotopic (exact) mass is 305 g/mol. The van der Waals surface area contributed by atoms with Crippen molar-refractivity contribution in [2.75, 3.05) is 13.2 Å². The predicted octanol–water partition coefficient (Wildman–Crippen LogP) is 4.11. The molecule has 110 valence electrons. The number of fused-ring (bicyclic) bond motifs is 1. The Morgan fingerprint density at radius 3 is 2.90 bits per heavy atom. The van der Waals surface area contributed by atoms with Crippen molar-refractivity contribution in [3.05, 3.63) is 63.9 Å². The molecule has 0 saturated heterocycles. The lowest BCUT2D eigenvalue weighted by molar-refractivity contribution is 0.357. The molecule has 1 N–H and O–H groups in total. The summed E-state index contributed by atoms with van der Waals surface area (Å²) in [7, 11) is 0. The fourth-order valence-corrected chi connectivity index (χ4v) is 2.89. The molecule has 1 atom stereocenters. The minimum Gasteiger partial charge on any atom is -0.493 e. The van der Waals surface area contributed by atoms with Crippen LogP contribution < -0.4 is 10.1 Å². The van der Waals surface area contributed by atoms with E-state index in [4.69, 9.17) is 16.3 Å². The van der Waals surface area contributed by atoms with Gasteiger partial charge in [-0.2, -0.15) is 0 Å². The number of ether oxygens (including phenoxy) is 1. The molecule has 3 rings (SSSR count). The summed E-state index contributed by atoms with van der Waals surface area (Å²) in [6.45, 7) is 3.48. The van der Waals surface area contributed by atoms with Crippen LogP contribution in [-0.2, 0) is 6.42 Å². The molecule has 0 aromatic heterocycles. The number of halogens is 2. The van der Waals surface area contributed by atoms with Gasteiger partial charge in [0.25, 0.3) is 0 Å². The summed E-state index contributed by atoms with van der Waals surface area (Å²) in [4.78, 5) is 0. The van der Waals surface area contributed by atoms with E-state index < -0.39 is 0 Å². The zero-order valence-corrected chi connectivity index (χ0v) is 12.6. The molecule has 0 fully saturated rings. The summed E-state index contributed by atoms with van der Waals surface area (Å²) in [6, 6.07) is 10.7. The van der Waals surface area contributed by atoms with Crippen molar-refractivity contribution in [3.63, 3.8) is 0 Å². The van der Waals surface area contributed by atoms with E-state index in [9.17, 15) is 4.39 Å².